The molecule has 1 fully saturated rings. The molecule has 0 unspecified atom stereocenters. The van der Waals surface area contributed by atoms with Crippen LogP contribution >= 0.6 is 0 Å². The zero-order chi connectivity index (χ0) is 24.7. The molecular formula is C25H35N5O4. The number of carbonyl (C=O) groups excluding carboxylic acids is 2. The van der Waals surface area contributed by atoms with E-state index >= 15 is 0 Å². The third-order valence-electron chi connectivity index (χ3n) is 5.52. The van der Waals surface area contributed by atoms with Crippen molar-refractivity contribution in [2.45, 2.75) is 51.8 Å². The molecule has 2 amide bonds. The molecule has 9 heteroatoms. The average molecular weight is 470 g/mol. The topological polar surface area (TPSA) is 96.9 Å². The number of carbonyl (C=O) groups is 2. The Balaban J connectivity index is 1.59. The van der Waals surface area contributed by atoms with Crippen LogP contribution < -0.4 is 10.2 Å². The number of ether oxygens (including phenoxy) is 2. The van der Waals surface area contributed by atoms with Crippen LogP contribution in [-0.4, -0.2) is 72.4 Å². The van der Waals surface area contributed by atoms with E-state index in [1.54, 1.807) is 39.8 Å². The smallest absolute Gasteiger partial charge is 0.408 e. The number of nitrogens with zero attached hydrogens (tertiary/aromatic N) is 4. The third-order valence-corrected chi connectivity index (χ3v) is 5.52. The number of methoxy groups -OCH3 is 1. The summed E-state index contributed by atoms with van der Waals surface area (Å²) >= 11 is 0. The van der Waals surface area contributed by atoms with Gasteiger partial charge in [-0.15, -0.1) is 0 Å². The van der Waals surface area contributed by atoms with Crippen LogP contribution in [0.25, 0.3) is 11.1 Å². The van der Waals surface area contributed by atoms with Crippen molar-refractivity contribution in [1.29, 1.82) is 0 Å². The molecule has 2 heterocycles. The van der Waals surface area contributed by atoms with Crippen LogP contribution in [0.3, 0.4) is 0 Å². The fraction of sp³-hybridized carbons (Fsp3) is 0.520. The standard InChI is InChI=1S/C25H35N5O4/c1-25(2,3)34-24(32)28-15-22(31)29(4)16-18-8-6-9-19(12-18)20-13-26-23(27-14-20)30-11-7-10-21(30)17-33-5/h6,8-9,12-14,21H,7,10-11,15-17H2,1-5H3,(H,28,32)/t21-/m0/s1. The molecule has 0 aliphatic carbocycles. The Labute approximate surface area is 201 Å². The normalized spacial score (nSPS) is 15.8. The van der Waals surface area contributed by atoms with E-state index in [4.69, 9.17) is 9.47 Å². The number of amides is 2. The van der Waals surface area contributed by atoms with Crippen LogP contribution in [0.4, 0.5) is 10.7 Å². The van der Waals surface area contributed by atoms with Gasteiger partial charge in [-0.3, -0.25) is 4.79 Å². The Morgan fingerprint density at radius 2 is 1.94 bits per heavy atom. The van der Waals surface area contributed by atoms with Crippen LogP contribution in [0.2, 0.25) is 0 Å². The second kappa shape index (κ2) is 11.3. The highest BCUT2D eigenvalue weighted by Gasteiger charge is 2.26. The fourth-order valence-electron chi connectivity index (χ4n) is 3.89. The van der Waals surface area contributed by atoms with Gasteiger partial charge in [0, 0.05) is 45.2 Å². The molecule has 1 N–H and O–H groups in total. The SMILES string of the molecule is COC[C@@H]1CCCN1c1ncc(-c2cccc(CN(C)C(=O)CNC(=O)OC(C)(C)C)c2)cn1. The molecule has 2 aromatic rings. The number of hydrogen-bond donors (Lipinski definition) is 1. The van der Waals surface area contributed by atoms with Crippen molar-refractivity contribution in [2.24, 2.45) is 0 Å². The molecule has 1 atom stereocenters. The molecule has 1 aliphatic heterocycles. The van der Waals surface area contributed by atoms with Crippen molar-refractivity contribution in [3.05, 3.63) is 42.2 Å². The Morgan fingerprint density at radius 3 is 2.62 bits per heavy atom. The first kappa shape index (κ1) is 25.4. The monoisotopic (exact) mass is 469 g/mol. The number of aromatic nitrogens is 2. The molecule has 0 spiro atoms. The number of likely N-dealkylation sites (N-methyl/N-ethyl adjacent to an activating group) is 1. The first-order chi connectivity index (χ1) is 16.2. The highest BCUT2D eigenvalue weighted by molar-refractivity contribution is 5.82. The van der Waals surface area contributed by atoms with Crippen molar-refractivity contribution >= 4 is 17.9 Å². The summed E-state index contributed by atoms with van der Waals surface area (Å²) in [4.78, 5) is 37.2. The average Bonchev–Trinajstić information content (AvgIpc) is 3.25. The predicted octanol–water partition coefficient (Wildman–Crippen LogP) is 3.24. The Kier molecular flexibility index (Phi) is 8.44. The zero-order valence-corrected chi connectivity index (χ0v) is 20.7. The van der Waals surface area contributed by atoms with Crippen LogP contribution in [0.15, 0.2) is 36.7 Å². The van der Waals surface area contributed by atoms with Crippen LogP contribution in [-0.2, 0) is 20.8 Å². The largest absolute Gasteiger partial charge is 0.444 e. The van der Waals surface area contributed by atoms with E-state index in [2.05, 4.69) is 20.2 Å². The van der Waals surface area contributed by atoms with Gasteiger partial charge in [0.2, 0.25) is 11.9 Å². The number of nitrogens with one attached hydrogen (secondary N) is 1. The number of hydrogen-bond acceptors (Lipinski definition) is 7. The van der Waals surface area contributed by atoms with E-state index in [1.807, 2.05) is 36.7 Å². The molecule has 0 bridgehead atoms. The van der Waals surface area contributed by atoms with E-state index in [-0.39, 0.29) is 12.5 Å². The molecule has 3 rings (SSSR count). The fourth-order valence-corrected chi connectivity index (χ4v) is 3.89. The molecule has 0 radical (unpaired) electrons. The van der Waals surface area contributed by atoms with Gasteiger partial charge in [-0.05, 0) is 50.8 Å². The lowest BCUT2D eigenvalue weighted by Gasteiger charge is -2.24. The van der Waals surface area contributed by atoms with Gasteiger partial charge in [0.15, 0.2) is 0 Å². The summed E-state index contributed by atoms with van der Waals surface area (Å²) in [5.74, 6) is 0.516. The quantitative estimate of drug-likeness (QED) is 0.634. The summed E-state index contributed by atoms with van der Waals surface area (Å²) in [6, 6.07) is 8.25. The first-order valence-electron chi connectivity index (χ1n) is 11.5. The third kappa shape index (κ3) is 7.15. The lowest BCUT2D eigenvalue weighted by molar-refractivity contribution is -0.129. The molecule has 1 aromatic heterocycles. The molecule has 1 aromatic carbocycles. The highest BCUT2D eigenvalue weighted by atomic mass is 16.6. The van der Waals surface area contributed by atoms with Crippen molar-refractivity contribution in [1.82, 2.24) is 20.2 Å². The highest BCUT2D eigenvalue weighted by Crippen LogP contribution is 2.25. The minimum Gasteiger partial charge on any atom is -0.444 e. The lowest BCUT2D eigenvalue weighted by Crippen LogP contribution is -2.40. The maximum absolute atomic E-state index is 12.4. The maximum atomic E-state index is 12.4. The van der Waals surface area contributed by atoms with Gasteiger partial charge in [-0.1, -0.05) is 18.2 Å². The summed E-state index contributed by atoms with van der Waals surface area (Å²) in [6.07, 6.45) is 5.26. The molecule has 9 nitrogen and oxygen atoms in total. The van der Waals surface area contributed by atoms with Crippen LogP contribution in [0.1, 0.15) is 39.2 Å². The maximum Gasteiger partial charge on any atom is 0.408 e. The van der Waals surface area contributed by atoms with E-state index in [1.165, 1.54) is 0 Å². The summed E-state index contributed by atoms with van der Waals surface area (Å²) in [6.45, 7) is 7.22. The Morgan fingerprint density at radius 1 is 1.21 bits per heavy atom. The minimum atomic E-state index is -0.610. The Bertz CT molecular complexity index is 974. The second-order valence-corrected chi connectivity index (χ2v) is 9.52. The number of benzene rings is 1. The number of rotatable bonds is 8. The van der Waals surface area contributed by atoms with Gasteiger partial charge in [-0.25, -0.2) is 14.8 Å². The van der Waals surface area contributed by atoms with E-state index < -0.39 is 11.7 Å². The molecule has 34 heavy (non-hydrogen) atoms. The minimum absolute atomic E-state index is 0.124. The van der Waals surface area contributed by atoms with Gasteiger partial charge in [-0.2, -0.15) is 0 Å². The van der Waals surface area contributed by atoms with Crippen LogP contribution in [0, 0.1) is 0 Å². The van der Waals surface area contributed by atoms with Crippen molar-refractivity contribution in [2.75, 3.05) is 38.8 Å². The van der Waals surface area contributed by atoms with Crippen molar-refractivity contribution in [3.63, 3.8) is 0 Å². The van der Waals surface area contributed by atoms with Gasteiger partial charge >= 0.3 is 6.09 Å². The van der Waals surface area contributed by atoms with E-state index in [0.29, 0.717) is 19.2 Å². The number of anilines is 1. The van der Waals surface area contributed by atoms with E-state index in [9.17, 15) is 9.59 Å². The first-order valence-corrected chi connectivity index (χ1v) is 11.5. The summed E-state index contributed by atoms with van der Waals surface area (Å²) in [5, 5.41) is 2.50. The molecule has 184 valence electrons. The van der Waals surface area contributed by atoms with Gasteiger partial charge in [0.25, 0.3) is 0 Å². The number of alkyl carbamates (subject to hydrolysis) is 1. The molecular weight excluding hydrogens is 434 g/mol. The van der Waals surface area contributed by atoms with Gasteiger partial charge in [0.1, 0.15) is 12.1 Å². The van der Waals surface area contributed by atoms with Crippen molar-refractivity contribution in [3.8, 4) is 11.1 Å². The van der Waals surface area contributed by atoms with Gasteiger partial charge in [0.05, 0.1) is 12.6 Å². The van der Waals surface area contributed by atoms with Gasteiger partial charge < -0.3 is 24.6 Å². The van der Waals surface area contributed by atoms with Crippen LogP contribution in [0.5, 0.6) is 0 Å². The summed E-state index contributed by atoms with van der Waals surface area (Å²) in [5.41, 5.74) is 2.25. The predicted molar refractivity (Wildman–Crippen MR) is 130 cm³/mol. The molecule has 1 aliphatic rings. The van der Waals surface area contributed by atoms with E-state index in [0.717, 1.165) is 42.0 Å². The summed E-state index contributed by atoms with van der Waals surface area (Å²) < 4.78 is 10.5. The molecule has 0 saturated carbocycles. The summed E-state index contributed by atoms with van der Waals surface area (Å²) in [7, 11) is 3.42. The van der Waals surface area contributed by atoms with Crippen molar-refractivity contribution < 1.29 is 19.1 Å². The lowest BCUT2D eigenvalue weighted by atomic mass is 10.1. The Hall–Kier alpha value is -3.20. The zero-order valence-electron chi connectivity index (χ0n) is 20.7. The second-order valence-electron chi connectivity index (χ2n) is 9.52. The molecule has 1 saturated heterocycles.